The van der Waals surface area contributed by atoms with Crippen LogP contribution in [0.15, 0.2) is 24.5 Å². The fraction of sp³-hybridized carbons (Fsp3) is 0.600. The number of pyridine rings is 1. The standard InChI is InChI=1S/C15H23N3O/c1-18(11-13-6-8-17-9-7-13)15(19)14-4-2-12(10-16)3-5-14/h6-9,12,14H,2-5,10-11,16H2,1H3. The maximum absolute atomic E-state index is 12.4. The summed E-state index contributed by atoms with van der Waals surface area (Å²) in [5.74, 6) is 1.08. The highest BCUT2D eigenvalue weighted by atomic mass is 16.2. The summed E-state index contributed by atoms with van der Waals surface area (Å²) in [5.41, 5.74) is 6.81. The fourth-order valence-corrected chi connectivity index (χ4v) is 2.80. The summed E-state index contributed by atoms with van der Waals surface area (Å²) in [7, 11) is 1.89. The third-order valence-corrected chi connectivity index (χ3v) is 4.07. The number of nitrogens with two attached hydrogens (primary N) is 1. The molecule has 1 fully saturated rings. The van der Waals surface area contributed by atoms with Crippen molar-refractivity contribution in [2.45, 2.75) is 32.2 Å². The van der Waals surface area contributed by atoms with Crippen molar-refractivity contribution in [3.05, 3.63) is 30.1 Å². The van der Waals surface area contributed by atoms with Gasteiger partial charge in [0, 0.05) is 31.9 Å². The molecule has 104 valence electrons. The van der Waals surface area contributed by atoms with Gasteiger partial charge in [-0.2, -0.15) is 0 Å². The van der Waals surface area contributed by atoms with Gasteiger partial charge < -0.3 is 10.6 Å². The summed E-state index contributed by atoms with van der Waals surface area (Å²) < 4.78 is 0. The van der Waals surface area contributed by atoms with Crippen molar-refractivity contribution in [3.8, 4) is 0 Å². The molecular formula is C15H23N3O. The highest BCUT2D eigenvalue weighted by molar-refractivity contribution is 5.78. The minimum atomic E-state index is 0.189. The second kappa shape index (κ2) is 6.66. The lowest BCUT2D eigenvalue weighted by Crippen LogP contribution is -2.35. The van der Waals surface area contributed by atoms with Crippen LogP contribution < -0.4 is 5.73 Å². The average Bonchev–Trinajstić information content (AvgIpc) is 2.47. The van der Waals surface area contributed by atoms with E-state index >= 15 is 0 Å². The summed E-state index contributed by atoms with van der Waals surface area (Å²) in [4.78, 5) is 18.2. The molecule has 1 aromatic heterocycles. The summed E-state index contributed by atoms with van der Waals surface area (Å²) >= 11 is 0. The Morgan fingerprint density at radius 3 is 2.53 bits per heavy atom. The SMILES string of the molecule is CN(Cc1ccncc1)C(=O)C1CCC(CN)CC1. The van der Waals surface area contributed by atoms with Crippen LogP contribution in [0.25, 0.3) is 0 Å². The molecule has 1 amide bonds. The number of carbonyl (C=O) groups is 1. The van der Waals surface area contributed by atoms with E-state index < -0.39 is 0 Å². The number of carbonyl (C=O) groups excluding carboxylic acids is 1. The summed E-state index contributed by atoms with van der Waals surface area (Å²) in [5, 5.41) is 0. The van der Waals surface area contributed by atoms with E-state index in [0.717, 1.165) is 37.8 Å². The first-order valence-corrected chi connectivity index (χ1v) is 7.04. The third-order valence-electron chi connectivity index (χ3n) is 4.07. The molecule has 19 heavy (non-hydrogen) atoms. The smallest absolute Gasteiger partial charge is 0.225 e. The van der Waals surface area contributed by atoms with Crippen LogP contribution in [0.5, 0.6) is 0 Å². The van der Waals surface area contributed by atoms with Gasteiger partial charge in [0.15, 0.2) is 0 Å². The Kier molecular flexibility index (Phi) is 4.91. The Morgan fingerprint density at radius 2 is 1.95 bits per heavy atom. The summed E-state index contributed by atoms with van der Waals surface area (Å²) in [6, 6.07) is 3.91. The van der Waals surface area contributed by atoms with Crippen LogP contribution in [0.2, 0.25) is 0 Å². The molecule has 1 heterocycles. The zero-order chi connectivity index (χ0) is 13.7. The van der Waals surface area contributed by atoms with Crippen molar-refractivity contribution in [2.75, 3.05) is 13.6 Å². The molecule has 0 aliphatic heterocycles. The van der Waals surface area contributed by atoms with Gasteiger partial charge in [0.05, 0.1) is 0 Å². The van der Waals surface area contributed by atoms with E-state index in [2.05, 4.69) is 4.98 Å². The van der Waals surface area contributed by atoms with Gasteiger partial charge in [-0.1, -0.05) is 0 Å². The van der Waals surface area contributed by atoms with Crippen LogP contribution >= 0.6 is 0 Å². The van der Waals surface area contributed by atoms with Crippen LogP contribution in [0.4, 0.5) is 0 Å². The van der Waals surface area contributed by atoms with Crippen LogP contribution in [-0.4, -0.2) is 29.4 Å². The maximum Gasteiger partial charge on any atom is 0.225 e. The van der Waals surface area contributed by atoms with Crippen LogP contribution in [0.1, 0.15) is 31.2 Å². The lowest BCUT2D eigenvalue weighted by atomic mass is 9.81. The van der Waals surface area contributed by atoms with Crippen molar-refractivity contribution >= 4 is 5.91 Å². The maximum atomic E-state index is 12.4. The van der Waals surface area contributed by atoms with Gasteiger partial charge in [0.1, 0.15) is 0 Å². The first-order valence-electron chi connectivity index (χ1n) is 7.04. The van der Waals surface area contributed by atoms with E-state index in [-0.39, 0.29) is 11.8 Å². The largest absolute Gasteiger partial charge is 0.341 e. The molecule has 2 rings (SSSR count). The van der Waals surface area contributed by atoms with Gasteiger partial charge >= 0.3 is 0 Å². The second-order valence-corrected chi connectivity index (χ2v) is 5.50. The molecule has 1 aliphatic carbocycles. The van der Waals surface area contributed by atoms with Gasteiger partial charge in [-0.15, -0.1) is 0 Å². The highest BCUT2D eigenvalue weighted by Gasteiger charge is 2.27. The predicted molar refractivity (Wildman–Crippen MR) is 75.2 cm³/mol. The Hall–Kier alpha value is -1.42. The first kappa shape index (κ1) is 14.0. The lowest BCUT2D eigenvalue weighted by molar-refractivity contribution is -0.136. The monoisotopic (exact) mass is 261 g/mol. The number of hydrogen-bond acceptors (Lipinski definition) is 3. The lowest BCUT2D eigenvalue weighted by Gasteiger charge is -2.30. The van der Waals surface area contributed by atoms with Crippen LogP contribution in [-0.2, 0) is 11.3 Å². The molecule has 1 aromatic rings. The number of rotatable bonds is 4. The molecular weight excluding hydrogens is 238 g/mol. The van der Waals surface area contributed by atoms with E-state index in [1.165, 1.54) is 0 Å². The predicted octanol–water partition coefficient (Wildman–Crippen LogP) is 1.81. The first-order chi connectivity index (χ1) is 9.20. The van der Waals surface area contributed by atoms with Crippen molar-refractivity contribution in [3.63, 3.8) is 0 Å². The molecule has 0 bridgehead atoms. The van der Waals surface area contributed by atoms with Gasteiger partial charge in [-0.25, -0.2) is 0 Å². The van der Waals surface area contributed by atoms with E-state index in [4.69, 9.17) is 5.73 Å². The Morgan fingerprint density at radius 1 is 1.32 bits per heavy atom. The molecule has 2 N–H and O–H groups in total. The highest BCUT2D eigenvalue weighted by Crippen LogP contribution is 2.29. The third kappa shape index (κ3) is 3.77. The minimum Gasteiger partial charge on any atom is -0.341 e. The minimum absolute atomic E-state index is 0.189. The molecule has 0 unspecified atom stereocenters. The van der Waals surface area contributed by atoms with Crippen molar-refractivity contribution < 1.29 is 4.79 Å². The van der Waals surface area contributed by atoms with E-state index in [9.17, 15) is 4.79 Å². The molecule has 4 nitrogen and oxygen atoms in total. The number of aromatic nitrogens is 1. The normalized spacial score (nSPS) is 23.1. The van der Waals surface area contributed by atoms with Gasteiger partial charge in [-0.05, 0) is 55.8 Å². The molecule has 4 heteroatoms. The van der Waals surface area contributed by atoms with E-state index in [1.807, 2.05) is 24.1 Å². The fourth-order valence-electron chi connectivity index (χ4n) is 2.80. The Balaban J connectivity index is 1.86. The van der Waals surface area contributed by atoms with Crippen molar-refractivity contribution in [1.29, 1.82) is 0 Å². The topological polar surface area (TPSA) is 59.2 Å². The average molecular weight is 261 g/mol. The Bertz CT molecular complexity index is 399. The van der Waals surface area contributed by atoms with Crippen molar-refractivity contribution in [1.82, 2.24) is 9.88 Å². The molecule has 0 radical (unpaired) electrons. The van der Waals surface area contributed by atoms with Crippen LogP contribution in [0.3, 0.4) is 0 Å². The molecule has 1 saturated carbocycles. The van der Waals surface area contributed by atoms with E-state index in [1.54, 1.807) is 12.4 Å². The zero-order valence-electron chi connectivity index (χ0n) is 11.6. The summed E-state index contributed by atoms with van der Waals surface area (Å²) in [6.45, 7) is 1.42. The van der Waals surface area contributed by atoms with Gasteiger partial charge in [0.25, 0.3) is 0 Å². The molecule has 0 saturated heterocycles. The zero-order valence-corrected chi connectivity index (χ0v) is 11.6. The van der Waals surface area contributed by atoms with Gasteiger partial charge in [-0.3, -0.25) is 9.78 Å². The molecule has 0 atom stereocenters. The number of nitrogens with zero attached hydrogens (tertiary/aromatic N) is 2. The van der Waals surface area contributed by atoms with Crippen molar-refractivity contribution in [2.24, 2.45) is 17.6 Å². The molecule has 0 spiro atoms. The van der Waals surface area contributed by atoms with E-state index in [0.29, 0.717) is 12.5 Å². The Labute approximate surface area is 115 Å². The molecule has 0 aromatic carbocycles. The second-order valence-electron chi connectivity index (χ2n) is 5.50. The number of hydrogen-bond donors (Lipinski definition) is 1. The van der Waals surface area contributed by atoms with Gasteiger partial charge in [0.2, 0.25) is 5.91 Å². The van der Waals surface area contributed by atoms with Crippen LogP contribution in [0, 0.1) is 11.8 Å². The quantitative estimate of drug-likeness (QED) is 0.899. The molecule has 1 aliphatic rings. The number of amides is 1. The summed E-state index contributed by atoms with van der Waals surface area (Å²) in [6.07, 6.45) is 7.69.